The SMILES string of the molecule is C=c1ccc2c(c1)Oc1cc(N(CC)CC)ccc1C=2c1ccccc1Br. The van der Waals surface area contributed by atoms with Crippen LogP contribution in [0.4, 0.5) is 5.69 Å². The number of halogens is 1. The van der Waals surface area contributed by atoms with Crippen molar-refractivity contribution >= 4 is 33.8 Å². The van der Waals surface area contributed by atoms with Gasteiger partial charge in [-0.2, -0.15) is 0 Å². The maximum Gasteiger partial charge on any atom is 0.137 e. The van der Waals surface area contributed by atoms with Crippen molar-refractivity contribution < 1.29 is 4.74 Å². The maximum absolute atomic E-state index is 6.33. The van der Waals surface area contributed by atoms with Crippen LogP contribution < -0.4 is 20.1 Å². The van der Waals surface area contributed by atoms with Gasteiger partial charge in [0, 0.05) is 45.7 Å². The van der Waals surface area contributed by atoms with Crippen LogP contribution in [-0.4, -0.2) is 13.1 Å². The van der Waals surface area contributed by atoms with Crippen LogP contribution in [0.3, 0.4) is 0 Å². The van der Waals surface area contributed by atoms with E-state index in [9.17, 15) is 0 Å². The summed E-state index contributed by atoms with van der Waals surface area (Å²) in [4.78, 5) is 2.33. The third-order valence-corrected chi connectivity index (χ3v) is 5.73. The molecule has 3 heteroatoms. The average Bonchev–Trinajstić information content (AvgIpc) is 2.67. The Balaban J connectivity index is 2.02. The highest BCUT2D eigenvalue weighted by molar-refractivity contribution is 9.10. The van der Waals surface area contributed by atoms with Gasteiger partial charge in [0.25, 0.3) is 0 Å². The van der Waals surface area contributed by atoms with E-state index in [-0.39, 0.29) is 0 Å². The zero-order valence-electron chi connectivity index (χ0n) is 15.6. The van der Waals surface area contributed by atoms with Crippen molar-refractivity contribution in [1.82, 2.24) is 0 Å². The molecule has 1 aliphatic heterocycles. The summed E-state index contributed by atoms with van der Waals surface area (Å²) in [5, 5.41) is 2.04. The van der Waals surface area contributed by atoms with Gasteiger partial charge in [0.1, 0.15) is 11.5 Å². The highest BCUT2D eigenvalue weighted by Crippen LogP contribution is 2.39. The van der Waals surface area contributed by atoms with Gasteiger partial charge in [-0.15, -0.1) is 0 Å². The molecule has 27 heavy (non-hydrogen) atoms. The standard InChI is InChI=1S/C24H22BrNO/c1-4-26(5-2)17-11-13-20-23(15-17)27-22-14-16(3)10-12-19(22)24(20)18-8-6-7-9-21(18)25/h6-15H,3-5H2,1-2H3. The first-order valence-corrected chi connectivity index (χ1v) is 10.1. The van der Waals surface area contributed by atoms with E-state index < -0.39 is 0 Å². The molecule has 0 aromatic heterocycles. The lowest BCUT2D eigenvalue weighted by molar-refractivity contribution is 0.472. The molecule has 2 nitrogen and oxygen atoms in total. The molecule has 0 amide bonds. The lowest BCUT2D eigenvalue weighted by Gasteiger charge is -2.26. The molecule has 0 saturated heterocycles. The molecule has 0 aliphatic carbocycles. The number of rotatable bonds is 4. The Labute approximate surface area is 168 Å². The zero-order valence-corrected chi connectivity index (χ0v) is 17.2. The van der Waals surface area contributed by atoms with E-state index in [1.165, 1.54) is 11.3 Å². The molecule has 0 radical (unpaired) electrons. The van der Waals surface area contributed by atoms with Gasteiger partial charge in [0.2, 0.25) is 0 Å². The molecule has 136 valence electrons. The Kier molecular flexibility index (Phi) is 4.79. The minimum absolute atomic E-state index is 0.859. The van der Waals surface area contributed by atoms with Crippen LogP contribution in [0.15, 0.2) is 65.1 Å². The Morgan fingerprint density at radius 2 is 1.67 bits per heavy atom. The molecule has 3 aromatic rings. The molecule has 0 N–H and O–H groups in total. The lowest BCUT2D eigenvalue weighted by Crippen LogP contribution is -2.23. The van der Waals surface area contributed by atoms with Crippen LogP contribution in [0, 0.1) is 0 Å². The Bertz CT molecular complexity index is 1120. The van der Waals surface area contributed by atoms with Crippen LogP contribution in [0.2, 0.25) is 0 Å². The molecule has 1 heterocycles. The third kappa shape index (κ3) is 3.17. The number of anilines is 1. The molecule has 4 rings (SSSR count). The van der Waals surface area contributed by atoms with E-state index in [2.05, 4.69) is 83.7 Å². The second-order valence-electron chi connectivity index (χ2n) is 6.64. The summed E-state index contributed by atoms with van der Waals surface area (Å²) in [5.41, 5.74) is 4.64. The number of ether oxygens (including phenoxy) is 1. The number of nitrogens with zero attached hydrogens (tertiary/aromatic N) is 1. The van der Waals surface area contributed by atoms with Crippen LogP contribution in [0.25, 0.3) is 12.2 Å². The predicted octanol–water partition coefficient (Wildman–Crippen LogP) is 5.06. The summed E-state index contributed by atoms with van der Waals surface area (Å²) in [6.07, 6.45) is 0. The summed E-state index contributed by atoms with van der Waals surface area (Å²) in [7, 11) is 0. The monoisotopic (exact) mass is 419 g/mol. The fourth-order valence-corrected chi connectivity index (χ4v) is 4.15. The molecule has 3 aromatic carbocycles. The van der Waals surface area contributed by atoms with Crippen molar-refractivity contribution in [3.8, 4) is 11.5 Å². The zero-order chi connectivity index (χ0) is 19.0. The highest BCUT2D eigenvalue weighted by Gasteiger charge is 2.22. The third-order valence-electron chi connectivity index (χ3n) is 5.04. The van der Waals surface area contributed by atoms with E-state index in [1.807, 2.05) is 18.2 Å². The van der Waals surface area contributed by atoms with E-state index in [0.29, 0.717) is 0 Å². The van der Waals surface area contributed by atoms with E-state index in [4.69, 9.17) is 4.74 Å². The average molecular weight is 420 g/mol. The Morgan fingerprint density at radius 3 is 2.41 bits per heavy atom. The van der Waals surface area contributed by atoms with Gasteiger partial charge >= 0.3 is 0 Å². The molecule has 1 aliphatic rings. The number of hydrogen-bond acceptors (Lipinski definition) is 2. The van der Waals surface area contributed by atoms with E-state index in [0.717, 1.165) is 50.6 Å². The molecular formula is C24H22BrNO. The van der Waals surface area contributed by atoms with Gasteiger partial charge in [0.15, 0.2) is 0 Å². The normalized spacial score (nSPS) is 12.2. The smallest absolute Gasteiger partial charge is 0.137 e. The molecule has 0 atom stereocenters. The summed E-state index contributed by atoms with van der Waals surface area (Å²) < 4.78 is 7.40. The molecule has 0 saturated carbocycles. The van der Waals surface area contributed by atoms with Crippen molar-refractivity contribution in [3.63, 3.8) is 0 Å². The first kappa shape index (κ1) is 17.9. The van der Waals surface area contributed by atoms with Crippen molar-refractivity contribution in [1.29, 1.82) is 0 Å². The topological polar surface area (TPSA) is 12.5 Å². The maximum atomic E-state index is 6.33. The quantitative estimate of drug-likeness (QED) is 0.458. The highest BCUT2D eigenvalue weighted by atomic mass is 79.9. The van der Waals surface area contributed by atoms with Gasteiger partial charge in [-0.25, -0.2) is 0 Å². The number of benzene rings is 3. The number of fused-ring (bicyclic) bond motifs is 2. The second kappa shape index (κ2) is 7.24. The van der Waals surface area contributed by atoms with Crippen molar-refractivity contribution in [2.45, 2.75) is 13.8 Å². The molecule has 0 spiro atoms. The lowest BCUT2D eigenvalue weighted by atomic mass is 9.92. The predicted molar refractivity (Wildman–Crippen MR) is 117 cm³/mol. The fraction of sp³-hybridized carbons (Fsp3) is 0.167. The fourth-order valence-electron chi connectivity index (χ4n) is 3.66. The van der Waals surface area contributed by atoms with Gasteiger partial charge in [-0.3, -0.25) is 0 Å². The number of hydrogen-bond donors (Lipinski definition) is 0. The van der Waals surface area contributed by atoms with Crippen molar-refractivity contribution in [2.24, 2.45) is 0 Å². The first-order chi connectivity index (χ1) is 13.1. The van der Waals surface area contributed by atoms with Gasteiger partial charge < -0.3 is 9.64 Å². The Morgan fingerprint density at radius 1 is 0.889 bits per heavy atom. The largest absolute Gasteiger partial charge is 0.456 e. The minimum Gasteiger partial charge on any atom is -0.456 e. The molecule has 0 bridgehead atoms. The van der Waals surface area contributed by atoms with E-state index in [1.54, 1.807) is 0 Å². The van der Waals surface area contributed by atoms with Crippen LogP contribution >= 0.6 is 15.9 Å². The molecule has 0 fully saturated rings. The van der Waals surface area contributed by atoms with Crippen LogP contribution in [0.5, 0.6) is 11.5 Å². The van der Waals surface area contributed by atoms with Crippen molar-refractivity contribution in [2.75, 3.05) is 18.0 Å². The van der Waals surface area contributed by atoms with Gasteiger partial charge in [0.05, 0.1) is 0 Å². The summed E-state index contributed by atoms with van der Waals surface area (Å²) in [6.45, 7) is 10.3. The van der Waals surface area contributed by atoms with Crippen molar-refractivity contribution in [3.05, 3.63) is 86.7 Å². The van der Waals surface area contributed by atoms with E-state index >= 15 is 0 Å². The van der Waals surface area contributed by atoms with Crippen LogP contribution in [0.1, 0.15) is 25.0 Å². The summed E-state index contributed by atoms with van der Waals surface area (Å²) >= 11 is 3.73. The second-order valence-corrected chi connectivity index (χ2v) is 7.49. The first-order valence-electron chi connectivity index (χ1n) is 9.27. The minimum atomic E-state index is 0.859. The van der Waals surface area contributed by atoms with Gasteiger partial charge in [-0.1, -0.05) is 52.8 Å². The Hall–Kier alpha value is -2.52. The molecule has 0 unspecified atom stereocenters. The summed E-state index contributed by atoms with van der Waals surface area (Å²) in [6, 6.07) is 21.0. The molecular weight excluding hydrogens is 398 g/mol. The van der Waals surface area contributed by atoms with Crippen LogP contribution in [-0.2, 0) is 0 Å². The van der Waals surface area contributed by atoms with Gasteiger partial charge in [-0.05, 0) is 48.9 Å². The summed E-state index contributed by atoms with van der Waals surface area (Å²) in [5.74, 6) is 1.75.